The molecule has 0 saturated heterocycles. The third-order valence-corrected chi connectivity index (χ3v) is 21.1. The molecule has 0 amide bonds. The molecule has 0 aliphatic rings. The Bertz CT molecular complexity index is 6950. The number of benzene rings is 10. The van der Waals surface area contributed by atoms with Crippen LogP contribution in [0.3, 0.4) is 0 Å². The van der Waals surface area contributed by atoms with Gasteiger partial charge in [0, 0.05) is 164 Å². The second-order valence-corrected chi connectivity index (χ2v) is 34.9. The first-order chi connectivity index (χ1) is 65.3. The van der Waals surface area contributed by atoms with Crippen molar-refractivity contribution in [1.82, 2.24) is 24.9 Å². The van der Waals surface area contributed by atoms with E-state index in [4.69, 9.17) is 64.7 Å². The van der Waals surface area contributed by atoms with E-state index in [1.54, 1.807) is 21.3 Å². The van der Waals surface area contributed by atoms with E-state index in [0.717, 1.165) is 128 Å². The molecule has 0 saturated carbocycles. The number of pyridine rings is 5. The van der Waals surface area contributed by atoms with Crippen LogP contribution >= 0.6 is 0 Å². The van der Waals surface area contributed by atoms with Gasteiger partial charge in [0.05, 0.1) is 77.7 Å². The fraction of sp³-hybridized carbons (Fsp3) is 0.256. The summed E-state index contributed by atoms with van der Waals surface area (Å²) >= 11 is 0. The number of aliphatic hydroxyl groups excluding tert-OH is 5. The van der Waals surface area contributed by atoms with Crippen LogP contribution in [0.25, 0.3) is 111 Å². The van der Waals surface area contributed by atoms with Gasteiger partial charge >= 0.3 is 0 Å². The zero-order valence-corrected chi connectivity index (χ0v) is 100. The van der Waals surface area contributed by atoms with Crippen molar-refractivity contribution in [2.24, 2.45) is 0 Å². The largest absolute Gasteiger partial charge is 0.512 e. The number of hydrogen-bond acceptors (Lipinski definition) is 18. The molecule has 15 aromatic rings. The van der Waals surface area contributed by atoms with E-state index in [2.05, 4.69) is 288 Å². The molecule has 0 atom stereocenters. The minimum Gasteiger partial charge on any atom is -0.512 e. The van der Waals surface area contributed by atoms with Gasteiger partial charge < -0.3 is 39.7 Å². The fourth-order valence-electron chi connectivity index (χ4n) is 14.5. The SMILES string of the molecule is CC(=O)C=C(C)O.CC(=O)C=C(C)O.CC(=O)C=C(C)O.CC(=O)C=C(C)O.CC(=O)C=C(C)O.COc1cc2ccc(C)cc2nc1-c1[c-]c(C)cc(C)c1.COc1cc2ccc(C)cc2nc1-c1[c-]cc(C)cc1C.COc1cc2ccc(C)cc2nc1-c1[c-]ccc(C)c1.Cc1ccc2cc(C)c(-c3[c-]c(C)c(C)c(C)c3)nc2c1.Cc1ccc2cc(C)c(-c3[c-]c(C)c(C)cc3C)nc2c1.[Ir].[Ir].[Ir].[Ir].[Ir]. The van der Waals surface area contributed by atoms with E-state index in [1.165, 1.54) is 199 Å². The number of hydrogen-bond donors (Lipinski definition) is 5. The van der Waals surface area contributed by atoms with Crippen LogP contribution in [0.1, 0.15) is 169 Å². The first kappa shape index (κ1) is 130. The second-order valence-electron chi connectivity index (χ2n) is 34.9. The predicted octanol–water partition coefficient (Wildman–Crippen LogP) is 29.3. The van der Waals surface area contributed by atoms with Gasteiger partial charge in [-0.25, -0.2) is 0 Å². The Morgan fingerprint density at radius 2 is 0.576 bits per heavy atom. The number of carbonyl (C=O) groups is 5. The molecule has 769 valence electrons. The Balaban J connectivity index is 0.000000824. The summed E-state index contributed by atoms with van der Waals surface area (Å²) in [6.45, 7) is 52.1. The average Bonchev–Trinajstić information content (AvgIpc) is 0.802. The summed E-state index contributed by atoms with van der Waals surface area (Å²) in [6.07, 6.45) is 5.83. The van der Waals surface area contributed by atoms with Crippen LogP contribution in [0.5, 0.6) is 17.2 Å². The molecule has 10 aromatic carbocycles. The standard InChI is InChI=1S/2C20H20N.2C19H18NO.C18H16NO.5C5H8O2.5Ir/c1-12-6-7-17-10-16(5)20(21-19(17)8-12)18-11-14(3)13(2)9-15(18)4;1-12-6-7-17-11-15(4)20(21-19(17)8-12)18-9-13(2)16(5)14(3)10-18;1-12-6-8-16(14(3)9-12)19-18(21-4)11-15-7-5-13(2)10-17(15)20-19;1-12-5-6-15-11-18(21-4)19(20-17(15)10-12)16-8-13(2)7-14(3)9-16;1-12-5-4-6-15(9-12)18-17(20-3)11-14-8-7-13(2)10-16(14)19-18;5*1-4(6)3-5(2)7;;;;;/h6-10H,1-5H3;6-9,11H,1-5H3;5-7,9-11H,1-4H3;5-8,10-11H,1-4H3;4-5,7-11H,1-3H3;5*3,6H,1-2H3;;;;;/q5*-1;;;;;;;;;;. The Morgan fingerprint density at radius 1 is 0.264 bits per heavy atom. The molecule has 5 radical (unpaired) electrons. The van der Waals surface area contributed by atoms with E-state index in [-0.39, 0.29) is 158 Å². The third-order valence-electron chi connectivity index (χ3n) is 21.1. The van der Waals surface area contributed by atoms with Crippen molar-refractivity contribution >= 4 is 83.4 Å². The summed E-state index contributed by atoms with van der Waals surface area (Å²) in [7, 11) is 5.05. The Hall–Kier alpha value is -12.1. The maximum absolute atomic E-state index is 10.0. The molecular weight excluding hydrogens is 2690 g/mol. The van der Waals surface area contributed by atoms with Gasteiger partial charge in [0.25, 0.3) is 0 Å². The second kappa shape index (κ2) is 62.6. The van der Waals surface area contributed by atoms with Crippen LogP contribution in [0.2, 0.25) is 0 Å². The van der Waals surface area contributed by atoms with Crippen molar-refractivity contribution in [1.29, 1.82) is 0 Å². The molecule has 0 aliphatic carbocycles. The number of nitrogens with zero attached hydrogens (tertiary/aromatic N) is 5. The number of ketones is 5. The molecule has 23 heteroatoms. The number of carbonyl (C=O) groups excluding carboxylic acids is 5. The van der Waals surface area contributed by atoms with Crippen LogP contribution in [0.15, 0.2) is 235 Å². The van der Waals surface area contributed by atoms with Gasteiger partial charge in [-0.3, -0.25) is 48.9 Å². The number of methoxy groups -OCH3 is 3. The summed E-state index contributed by atoms with van der Waals surface area (Å²) in [6, 6.07) is 77.9. The predicted molar refractivity (Wildman–Crippen MR) is 570 cm³/mol. The number of fused-ring (bicyclic) bond motifs is 5. The maximum atomic E-state index is 10.0. The zero-order valence-electron chi connectivity index (χ0n) is 88.0. The van der Waals surface area contributed by atoms with E-state index < -0.39 is 0 Å². The first-order valence-corrected chi connectivity index (χ1v) is 45.4. The molecule has 0 aliphatic heterocycles. The minimum atomic E-state index is -0.125. The van der Waals surface area contributed by atoms with Crippen molar-refractivity contribution in [3.63, 3.8) is 0 Å². The molecule has 144 heavy (non-hydrogen) atoms. The summed E-state index contributed by atoms with van der Waals surface area (Å²) in [5.74, 6) is 2.04. The number of aliphatic hydroxyl groups is 5. The van der Waals surface area contributed by atoms with E-state index >= 15 is 0 Å². The molecule has 0 unspecified atom stereocenters. The van der Waals surface area contributed by atoms with Crippen molar-refractivity contribution in [2.75, 3.05) is 21.3 Å². The zero-order chi connectivity index (χ0) is 104. The van der Waals surface area contributed by atoms with Gasteiger partial charge in [-0.15, -0.1) is 174 Å². The monoisotopic (exact) mass is 2830 g/mol. The van der Waals surface area contributed by atoms with E-state index in [0.29, 0.717) is 0 Å². The maximum Gasteiger partial charge on any atom is 0.155 e. The van der Waals surface area contributed by atoms with Crippen molar-refractivity contribution in [2.45, 2.75) is 194 Å². The Labute approximate surface area is 918 Å². The van der Waals surface area contributed by atoms with Crippen LogP contribution in [-0.2, 0) is 124 Å². The van der Waals surface area contributed by atoms with Gasteiger partial charge in [0.15, 0.2) is 28.9 Å². The number of rotatable bonds is 13. The van der Waals surface area contributed by atoms with Gasteiger partial charge in [-0.2, -0.15) is 0 Å². The molecule has 18 nitrogen and oxygen atoms in total. The summed E-state index contributed by atoms with van der Waals surface area (Å²) in [5.41, 5.74) is 36.7. The number of ether oxygens (including phenoxy) is 3. The summed E-state index contributed by atoms with van der Waals surface area (Å²) < 4.78 is 16.6. The molecule has 15 rings (SSSR count). The third kappa shape index (κ3) is 42.3. The van der Waals surface area contributed by atoms with Crippen molar-refractivity contribution < 1.29 is 164 Å². The van der Waals surface area contributed by atoms with Gasteiger partial charge in [-0.05, 0) is 216 Å². The quantitative estimate of drug-likeness (QED) is 0.0407. The number of allylic oxidation sites excluding steroid dienone is 10. The molecule has 0 bridgehead atoms. The molecule has 5 aromatic heterocycles. The number of aromatic nitrogens is 5. The summed E-state index contributed by atoms with van der Waals surface area (Å²) in [5, 5.41) is 47.5. The molecule has 5 heterocycles. The van der Waals surface area contributed by atoms with Crippen molar-refractivity contribution in [3.8, 4) is 73.5 Å². The topological polar surface area (TPSA) is 279 Å². The minimum absolute atomic E-state index is 0. The first-order valence-electron chi connectivity index (χ1n) is 45.4. The fourth-order valence-corrected chi connectivity index (χ4v) is 14.5. The van der Waals surface area contributed by atoms with Crippen LogP contribution in [0, 0.1) is 155 Å². The molecule has 5 N–H and O–H groups in total. The Kier molecular flexibility index (Phi) is 56.5. The smallest absolute Gasteiger partial charge is 0.155 e. The normalized spacial score (nSPS) is 10.7. The van der Waals surface area contributed by atoms with Gasteiger partial charge in [0.2, 0.25) is 0 Å². The number of aryl methyl sites for hydroxylation is 17. The van der Waals surface area contributed by atoms with E-state index in [9.17, 15) is 24.0 Å². The Morgan fingerprint density at radius 3 is 0.910 bits per heavy atom. The molecular formula is C121H132Ir5N5O13-5. The average molecular weight is 2830 g/mol. The summed E-state index contributed by atoms with van der Waals surface area (Å²) in [4.78, 5) is 74.3. The molecule has 0 fully saturated rings. The van der Waals surface area contributed by atoms with Crippen LogP contribution in [0.4, 0.5) is 0 Å². The van der Waals surface area contributed by atoms with Crippen molar-refractivity contribution in [3.05, 3.63) is 366 Å². The van der Waals surface area contributed by atoms with Crippen LogP contribution in [-0.4, -0.2) is 101 Å². The van der Waals surface area contributed by atoms with Gasteiger partial charge in [0.1, 0.15) is 17.2 Å². The van der Waals surface area contributed by atoms with Gasteiger partial charge in [-0.1, -0.05) is 160 Å². The van der Waals surface area contributed by atoms with Crippen LogP contribution < -0.4 is 14.2 Å². The van der Waals surface area contributed by atoms with E-state index in [1.807, 2.05) is 43.3 Å². The molecule has 0 spiro atoms.